The molecule has 1 saturated carbocycles. The third-order valence-corrected chi connectivity index (χ3v) is 5.32. The van der Waals surface area contributed by atoms with Gasteiger partial charge in [-0.2, -0.15) is 0 Å². The lowest BCUT2D eigenvalue weighted by atomic mass is 9.78. The minimum Gasteiger partial charge on any atom is -0.319 e. The highest BCUT2D eigenvalue weighted by molar-refractivity contribution is 7.11. The van der Waals surface area contributed by atoms with Crippen LogP contribution in [0.3, 0.4) is 0 Å². The van der Waals surface area contributed by atoms with Gasteiger partial charge >= 0.3 is 0 Å². The first-order valence-corrected chi connectivity index (χ1v) is 7.53. The monoisotopic (exact) mass is 251 g/mol. The predicted octanol–water partition coefficient (Wildman–Crippen LogP) is 2.25. The molecule has 1 aromatic rings. The van der Waals surface area contributed by atoms with Crippen molar-refractivity contribution in [3.8, 4) is 0 Å². The summed E-state index contributed by atoms with van der Waals surface area (Å²) >= 11 is 1.87. The number of nitrogens with zero attached hydrogens (tertiary/aromatic N) is 2. The smallest absolute Gasteiger partial charge is 0.113 e. The van der Waals surface area contributed by atoms with Gasteiger partial charge in [-0.25, -0.2) is 4.98 Å². The number of thiazole rings is 1. The lowest BCUT2D eigenvalue weighted by molar-refractivity contribution is 0.249. The van der Waals surface area contributed by atoms with Gasteiger partial charge in [0, 0.05) is 24.4 Å². The summed E-state index contributed by atoms with van der Waals surface area (Å²) in [4.78, 5) is 8.81. The zero-order chi connectivity index (χ0) is 11.9. The molecule has 1 fully saturated rings. The Bertz CT molecular complexity index is 409. The van der Waals surface area contributed by atoms with E-state index in [1.165, 1.54) is 41.5 Å². The third-order valence-electron chi connectivity index (χ3n) is 4.02. The summed E-state index contributed by atoms with van der Waals surface area (Å²) in [5.74, 6) is 0. The standard InChI is InChI=1S/C13H21N3S/c1-2-7-16-8-4-10-11(9-16)17-12(15-10)13(14)5-3-6-13/h2-9,14H2,1H3. The summed E-state index contributed by atoms with van der Waals surface area (Å²) in [5, 5.41) is 1.20. The van der Waals surface area contributed by atoms with Gasteiger partial charge in [-0.3, -0.25) is 4.90 Å². The van der Waals surface area contributed by atoms with Gasteiger partial charge in [0.25, 0.3) is 0 Å². The predicted molar refractivity (Wildman–Crippen MR) is 71.1 cm³/mol. The number of fused-ring (bicyclic) bond motifs is 1. The Morgan fingerprint density at radius 2 is 2.29 bits per heavy atom. The summed E-state index contributed by atoms with van der Waals surface area (Å²) in [6, 6.07) is 0. The highest BCUT2D eigenvalue weighted by Crippen LogP contribution is 2.42. The Morgan fingerprint density at radius 1 is 1.47 bits per heavy atom. The van der Waals surface area contributed by atoms with E-state index < -0.39 is 0 Å². The van der Waals surface area contributed by atoms with E-state index in [2.05, 4.69) is 11.8 Å². The summed E-state index contributed by atoms with van der Waals surface area (Å²) in [5.41, 5.74) is 7.62. The van der Waals surface area contributed by atoms with E-state index in [9.17, 15) is 0 Å². The van der Waals surface area contributed by atoms with E-state index in [-0.39, 0.29) is 5.54 Å². The number of rotatable bonds is 3. The molecule has 3 nitrogen and oxygen atoms in total. The molecule has 94 valence electrons. The molecule has 0 bridgehead atoms. The number of hydrogen-bond acceptors (Lipinski definition) is 4. The quantitative estimate of drug-likeness (QED) is 0.896. The van der Waals surface area contributed by atoms with Gasteiger partial charge < -0.3 is 5.73 Å². The average Bonchev–Trinajstić information content (AvgIpc) is 2.69. The first kappa shape index (κ1) is 11.6. The third kappa shape index (κ3) is 2.02. The molecule has 17 heavy (non-hydrogen) atoms. The van der Waals surface area contributed by atoms with E-state index in [0.717, 1.165) is 25.8 Å². The van der Waals surface area contributed by atoms with Crippen LogP contribution in [-0.4, -0.2) is 23.0 Å². The SMILES string of the molecule is CCCN1CCc2nc(C3(N)CCC3)sc2C1. The van der Waals surface area contributed by atoms with Crippen molar-refractivity contribution in [3.63, 3.8) is 0 Å². The molecule has 0 unspecified atom stereocenters. The summed E-state index contributed by atoms with van der Waals surface area (Å²) in [7, 11) is 0. The van der Waals surface area contributed by atoms with Crippen molar-refractivity contribution in [3.05, 3.63) is 15.6 Å². The van der Waals surface area contributed by atoms with Crippen molar-refractivity contribution < 1.29 is 0 Å². The second-order valence-corrected chi connectivity index (χ2v) is 6.51. The van der Waals surface area contributed by atoms with Crippen LogP contribution in [0.15, 0.2) is 0 Å². The van der Waals surface area contributed by atoms with Crippen molar-refractivity contribution >= 4 is 11.3 Å². The first-order valence-electron chi connectivity index (χ1n) is 6.71. The zero-order valence-corrected chi connectivity index (χ0v) is 11.4. The van der Waals surface area contributed by atoms with Gasteiger partial charge in [0.2, 0.25) is 0 Å². The van der Waals surface area contributed by atoms with Gasteiger partial charge in [-0.1, -0.05) is 6.92 Å². The summed E-state index contributed by atoms with van der Waals surface area (Å²) in [6.45, 7) is 5.72. The van der Waals surface area contributed by atoms with E-state index >= 15 is 0 Å². The number of hydrogen-bond donors (Lipinski definition) is 1. The normalized spacial score (nSPS) is 23.2. The zero-order valence-electron chi connectivity index (χ0n) is 10.5. The molecule has 2 heterocycles. The van der Waals surface area contributed by atoms with Crippen LogP contribution in [0.2, 0.25) is 0 Å². The fourth-order valence-corrected chi connectivity index (χ4v) is 4.05. The fraction of sp³-hybridized carbons (Fsp3) is 0.769. The lowest BCUT2D eigenvalue weighted by Gasteiger charge is -2.35. The molecule has 1 aromatic heterocycles. The number of nitrogens with two attached hydrogens (primary N) is 1. The maximum Gasteiger partial charge on any atom is 0.113 e. The molecular weight excluding hydrogens is 230 g/mol. The Balaban J connectivity index is 1.79. The van der Waals surface area contributed by atoms with Crippen LogP contribution >= 0.6 is 11.3 Å². The van der Waals surface area contributed by atoms with Crippen LogP contribution in [0.1, 0.15) is 48.2 Å². The molecule has 3 rings (SSSR count). The molecule has 0 saturated heterocycles. The highest BCUT2D eigenvalue weighted by Gasteiger charge is 2.38. The molecule has 0 aromatic carbocycles. The molecule has 4 heteroatoms. The lowest BCUT2D eigenvalue weighted by Crippen LogP contribution is -2.43. The Morgan fingerprint density at radius 3 is 2.94 bits per heavy atom. The summed E-state index contributed by atoms with van der Waals surface area (Å²) in [6.07, 6.45) is 5.86. The minimum absolute atomic E-state index is 0.0718. The second-order valence-electron chi connectivity index (χ2n) is 5.42. The van der Waals surface area contributed by atoms with Gasteiger partial charge in [0.05, 0.1) is 11.2 Å². The van der Waals surface area contributed by atoms with Gasteiger partial charge in [0.1, 0.15) is 5.01 Å². The van der Waals surface area contributed by atoms with E-state index in [4.69, 9.17) is 10.7 Å². The molecule has 0 radical (unpaired) electrons. The molecular formula is C13H21N3S. The van der Waals surface area contributed by atoms with Crippen molar-refractivity contribution in [1.82, 2.24) is 9.88 Å². The molecule has 2 N–H and O–H groups in total. The maximum absolute atomic E-state index is 6.36. The summed E-state index contributed by atoms with van der Waals surface area (Å²) < 4.78 is 0. The van der Waals surface area contributed by atoms with Crippen molar-refractivity contribution in [2.45, 2.75) is 51.1 Å². The van der Waals surface area contributed by atoms with Crippen LogP contribution in [0.25, 0.3) is 0 Å². The van der Waals surface area contributed by atoms with Crippen LogP contribution in [0, 0.1) is 0 Å². The minimum atomic E-state index is -0.0718. The second kappa shape index (κ2) is 4.34. The first-order chi connectivity index (χ1) is 8.21. The van der Waals surface area contributed by atoms with Crippen molar-refractivity contribution in [2.75, 3.05) is 13.1 Å². The van der Waals surface area contributed by atoms with Gasteiger partial charge in [-0.05, 0) is 32.2 Å². The van der Waals surface area contributed by atoms with Crippen LogP contribution in [-0.2, 0) is 18.5 Å². The Hall–Kier alpha value is -0.450. The van der Waals surface area contributed by atoms with Crippen LogP contribution in [0.4, 0.5) is 0 Å². The Labute approximate surface area is 107 Å². The van der Waals surface area contributed by atoms with Gasteiger partial charge in [0.15, 0.2) is 0 Å². The fourth-order valence-electron chi connectivity index (χ4n) is 2.74. The topological polar surface area (TPSA) is 42.2 Å². The average molecular weight is 251 g/mol. The van der Waals surface area contributed by atoms with Gasteiger partial charge in [-0.15, -0.1) is 11.3 Å². The van der Waals surface area contributed by atoms with E-state index in [1.54, 1.807) is 0 Å². The maximum atomic E-state index is 6.36. The highest BCUT2D eigenvalue weighted by atomic mass is 32.1. The van der Waals surface area contributed by atoms with E-state index in [0.29, 0.717) is 0 Å². The molecule has 0 atom stereocenters. The van der Waals surface area contributed by atoms with Crippen molar-refractivity contribution in [2.24, 2.45) is 5.73 Å². The van der Waals surface area contributed by atoms with E-state index in [1.807, 2.05) is 11.3 Å². The molecule has 0 spiro atoms. The van der Waals surface area contributed by atoms with Crippen molar-refractivity contribution in [1.29, 1.82) is 0 Å². The molecule has 1 aliphatic heterocycles. The largest absolute Gasteiger partial charge is 0.319 e. The van der Waals surface area contributed by atoms with Crippen LogP contribution < -0.4 is 5.73 Å². The molecule has 1 aliphatic carbocycles. The molecule has 2 aliphatic rings. The molecule has 0 amide bonds. The van der Waals surface area contributed by atoms with Crippen LogP contribution in [0.5, 0.6) is 0 Å². The Kier molecular flexibility index (Phi) is 2.97. The number of aromatic nitrogens is 1.